The summed E-state index contributed by atoms with van der Waals surface area (Å²) in [4.78, 5) is 17.0. The Balaban J connectivity index is 1.75. The van der Waals surface area contributed by atoms with Crippen LogP contribution in [0.5, 0.6) is 0 Å². The second kappa shape index (κ2) is 9.02. The van der Waals surface area contributed by atoms with Crippen molar-refractivity contribution in [1.29, 1.82) is 0 Å². The Hall–Kier alpha value is -0.620. The highest BCUT2D eigenvalue weighted by Gasteiger charge is 2.20. The number of nitrogens with zero attached hydrogens (tertiary/aromatic N) is 2. The fourth-order valence-corrected chi connectivity index (χ4v) is 3.36. The first kappa shape index (κ1) is 18.7. The molecule has 0 aliphatic carbocycles. The van der Waals surface area contributed by atoms with Crippen LogP contribution >= 0.6 is 27.5 Å². The van der Waals surface area contributed by atoms with E-state index in [1.165, 1.54) is 0 Å². The third kappa shape index (κ3) is 6.07. The molecule has 0 atom stereocenters. The third-order valence-electron chi connectivity index (χ3n) is 4.29. The zero-order valence-electron chi connectivity index (χ0n) is 13.8. The highest BCUT2D eigenvalue weighted by Crippen LogP contribution is 2.21. The number of likely N-dealkylation sites (tertiary alicyclic amines) is 1. The summed E-state index contributed by atoms with van der Waals surface area (Å²) in [5, 5.41) is 3.62. The Morgan fingerprint density at radius 1 is 1.39 bits per heavy atom. The molecule has 0 radical (unpaired) electrons. The van der Waals surface area contributed by atoms with Crippen molar-refractivity contribution in [2.45, 2.75) is 12.8 Å². The van der Waals surface area contributed by atoms with Crippen LogP contribution in [0.25, 0.3) is 0 Å². The first-order valence-electron chi connectivity index (χ1n) is 8.06. The van der Waals surface area contributed by atoms with Gasteiger partial charge in [0.25, 0.3) is 5.91 Å². The van der Waals surface area contributed by atoms with Gasteiger partial charge in [0.05, 0.1) is 5.56 Å². The summed E-state index contributed by atoms with van der Waals surface area (Å²) >= 11 is 9.37. The van der Waals surface area contributed by atoms with Crippen molar-refractivity contribution >= 4 is 33.4 Å². The van der Waals surface area contributed by atoms with Crippen LogP contribution in [-0.4, -0.2) is 62.5 Å². The number of carbonyl (C=O) groups is 1. The van der Waals surface area contributed by atoms with Crippen molar-refractivity contribution in [2.75, 3.05) is 46.8 Å². The van der Waals surface area contributed by atoms with Crippen LogP contribution in [0.3, 0.4) is 0 Å². The first-order valence-corrected chi connectivity index (χ1v) is 9.23. The minimum absolute atomic E-state index is 0.0607. The second-order valence-electron chi connectivity index (χ2n) is 6.42. The molecule has 1 aromatic carbocycles. The van der Waals surface area contributed by atoms with E-state index in [0.717, 1.165) is 50.0 Å². The molecule has 1 N–H and O–H groups in total. The van der Waals surface area contributed by atoms with E-state index in [9.17, 15) is 4.79 Å². The van der Waals surface area contributed by atoms with E-state index in [4.69, 9.17) is 11.6 Å². The largest absolute Gasteiger partial charge is 0.352 e. The minimum atomic E-state index is -0.0607. The van der Waals surface area contributed by atoms with Crippen LogP contribution in [0.2, 0.25) is 5.02 Å². The predicted octanol–water partition coefficient (Wildman–Crippen LogP) is 3.11. The summed E-state index contributed by atoms with van der Waals surface area (Å²) in [5.74, 6) is 0.502. The molecule has 0 saturated carbocycles. The van der Waals surface area contributed by atoms with Crippen molar-refractivity contribution < 1.29 is 4.79 Å². The minimum Gasteiger partial charge on any atom is -0.352 e. The Bertz CT molecular complexity index is 531. The summed E-state index contributed by atoms with van der Waals surface area (Å²) in [7, 11) is 4.21. The van der Waals surface area contributed by atoms with Gasteiger partial charge in [0.15, 0.2) is 0 Å². The highest BCUT2D eigenvalue weighted by atomic mass is 79.9. The van der Waals surface area contributed by atoms with Gasteiger partial charge in [0, 0.05) is 29.1 Å². The summed E-state index contributed by atoms with van der Waals surface area (Å²) in [6, 6.07) is 5.27. The van der Waals surface area contributed by atoms with E-state index >= 15 is 0 Å². The molecular formula is C17H25BrClN3O. The smallest absolute Gasteiger partial charge is 0.252 e. The van der Waals surface area contributed by atoms with E-state index < -0.39 is 0 Å². The van der Waals surface area contributed by atoms with Gasteiger partial charge in [-0.1, -0.05) is 11.6 Å². The lowest BCUT2D eigenvalue weighted by Gasteiger charge is -2.32. The van der Waals surface area contributed by atoms with Crippen molar-refractivity contribution in [3.8, 4) is 0 Å². The van der Waals surface area contributed by atoms with Gasteiger partial charge >= 0.3 is 0 Å². The van der Waals surface area contributed by atoms with E-state index in [-0.39, 0.29) is 5.91 Å². The number of likely N-dealkylation sites (N-methyl/N-ethyl adjacent to an activating group) is 1. The maximum Gasteiger partial charge on any atom is 0.252 e. The molecule has 1 fully saturated rings. The zero-order valence-corrected chi connectivity index (χ0v) is 16.2. The molecule has 1 saturated heterocycles. The maximum atomic E-state index is 12.3. The molecule has 4 nitrogen and oxygen atoms in total. The Labute approximate surface area is 152 Å². The van der Waals surface area contributed by atoms with Crippen molar-refractivity contribution in [3.63, 3.8) is 0 Å². The molecule has 1 aromatic rings. The van der Waals surface area contributed by atoms with Gasteiger partial charge in [0.2, 0.25) is 0 Å². The molecular weight excluding hydrogens is 378 g/mol. The Morgan fingerprint density at radius 2 is 2.09 bits per heavy atom. The fourth-order valence-electron chi connectivity index (χ4n) is 2.76. The van der Waals surface area contributed by atoms with Crippen LogP contribution < -0.4 is 5.32 Å². The van der Waals surface area contributed by atoms with Gasteiger partial charge in [0.1, 0.15) is 0 Å². The number of piperidine rings is 1. The number of hydrogen-bond donors (Lipinski definition) is 1. The van der Waals surface area contributed by atoms with E-state index in [0.29, 0.717) is 16.5 Å². The molecule has 23 heavy (non-hydrogen) atoms. The van der Waals surface area contributed by atoms with Crippen molar-refractivity contribution in [2.24, 2.45) is 5.92 Å². The Morgan fingerprint density at radius 3 is 2.74 bits per heavy atom. The van der Waals surface area contributed by atoms with Gasteiger partial charge in [-0.2, -0.15) is 0 Å². The third-order valence-corrected chi connectivity index (χ3v) is 5.22. The van der Waals surface area contributed by atoms with Crippen molar-refractivity contribution in [3.05, 3.63) is 33.3 Å². The number of carbonyl (C=O) groups excluding carboxylic acids is 1. The van der Waals surface area contributed by atoms with Gasteiger partial charge < -0.3 is 15.1 Å². The molecule has 0 unspecified atom stereocenters. The van der Waals surface area contributed by atoms with E-state index in [2.05, 4.69) is 45.1 Å². The quantitative estimate of drug-likeness (QED) is 0.794. The maximum absolute atomic E-state index is 12.3. The lowest BCUT2D eigenvalue weighted by molar-refractivity contribution is 0.0934. The second-order valence-corrected chi connectivity index (χ2v) is 7.71. The average molecular weight is 403 g/mol. The molecule has 0 aromatic heterocycles. The fraction of sp³-hybridized carbons (Fsp3) is 0.588. The summed E-state index contributed by atoms with van der Waals surface area (Å²) in [6.07, 6.45) is 2.29. The molecule has 128 valence electrons. The zero-order chi connectivity index (χ0) is 16.8. The number of hydrogen-bond acceptors (Lipinski definition) is 3. The highest BCUT2D eigenvalue weighted by molar-refractivity contribution is 9.10. The Kier molecular flexibility index (Phi) is 7.34. The molecule has 2 rings (SSSR count). The standard InChI is InChI=1S/C17H25BrClN3O/c1-21(2)9-10-22-7-5-13(6-8-22)12-20-17(23)15-11-14(19)3-4-16(15)18/h3-4,11,13H,5-10,12H2,1-2H3,(H,20,23). The normalized spacial score (nSPS) is 16.7. The average Bonchev–Trinajstić information content (AvgIpc) is 2.53. The number of benzene rings is 1. The summed E-state index contributed by atoms with van der Waals surface area (Å²) in [6.45, 7) is 5.20. The molecule has 1 amide bonds. The number of amides is 1. The van der Waals surface area contributed by atoms with Gasteiger partial charge in [-0.05, 0) is 80.1 Å². The van der Waals surface area contributed by atoms with Crippen LogP contribution in [0, 0.1) is 5.92 Å². The number of halogens is 2. The summed E-state index contributed by atoms with van der Waals surface area (Å²) < 4.78 is 0.776. The van der Waals surface area contributed by atoms with Crippen molar-refractivity contribution in [1.82, 2.24) is 15.1 Å². The summed E-state index contributed by atoms with van der Waals surface area (Å²) in [5.41, 5.74) is 0.598. The monoisotopic (exact) mass is 401 g/mol. The van der Waals surface area contributed by atoms with Crippen LogP contribution in [0.1, 0.15) is 23.2 Å². The lowest BCUT2D eigenvalue weighted by Crippen LogP contribution is -2.41. The van der Waals surface area contributed by atoms with E-state index in [1.807, 2.05) is 0 Å². The molecule has 1 aliphatic rings. The molecule has 1 heterocycles. The van der Waals surface area contributed by atoms with Gasteiger partial charge in [-0.3, -0.25) is 4.79 Å². The van der Waals surface area contributed by atoms with Gasteiger partial charge in [-0.15, -0.1) is 0 Å². The van der Waals surface area contributed by atoms with Crippen LogP contribution in [0.4, 0.5) is 0 Å². The molecule has 1 aliphatic heterocycles. The van der Waals surface area contributed by atoms with Crippen LogP contribution in [-0.2, 0) is 0 Å². The number of nitrogens with one attached hydrogen (secondary N) is 1. The molecule has 0 spiro atoms. The number of rotatable bonds is 6. The van der Waals surface area contributed by atoms with Gasteiger partial charge in [-0.25, -0.2) is 0 Å². The molecule has 0 bridgehead atoms. The SMILES string of the molecule is CN(C)CCN1CCC(CNC(=O)c2cc(Cl)ccc2Br)CC1. The molecule has 6 heteroatoms. The topological polar surface area (TPSA) is 35.6 Å². The first-order chi connectivity index (χ1) is 11.0. The van der Waals surface area contributed by atoms with E-state index in [1.54, 1.807) is 18.2 Å². The predicted molar refractivity (Wildman–Crippen MR) is 99.2 cm³/mol. The lowest BCUT2D eigenvalue weighted by atomic mass is 9.96. The van der Waals surface area contributed by atoms with Crippen LogP contribution in [0.15, 0.2) is 22.7 Å².